The number of hydrogen-bond acceptors (Lipinski definition) is 4. The summed E-state index contributed by atoms with van der Waals surface area (Å²) in [5, 5.41) is 6.67. The highest BCUT2D eigenvalue weighted by atomic mass is 16.5. The van der Waals surface area contributed by atoms with Gasteiger partial charge in [-0.05, 0) is 42.7 Å². The van der Waals surface area contributed by atoms with E-state index in [0.29, 0.717) is 6.54 Å². The van der Waals surface area contributed by atoms with Crippen molar-refractivity contribution in [3.8, 4) is 11.6 Å². The Kier molecular flexibility index (Phi) is 7.01. The molecule has 3 rings (SSSR count). The van der Waals surface area contributed by atoms with Gasteiger partial charge in [-0.15, -0.1) is 0 Å². The van der Waals surface area contributed by atoms with Crippen LogP contribution in [0.5, 0.6) is 5.75 Å². The molecule has 0 spiro atoms. The van der Waals surface area contributed by atoms with Crippen LogP contribution in [0.4, 0.5) is 0 Å². The number of ether oxygens (including phenoxy) is 1. The summed E-state index contributed by atoms with van der Waals surface area (Å²) in [6.07, 6.45) is 8.00. The summed E-state index contributed by atoms with van der Waals surface area (Å²) in [4.78, 5) is 13.1. The molecular weight excluding hydrogens is 352 g/mol. The smallest absolute Gasteiger partial charge is 0.191 e. The van der Waals surface area contributed by atoms with Gasteiger partial charge in [-0.2, -0.15) is 0 Å². The number of guanidine groups is 1. The van der Waals surface area contributed by atoms with Gasteiger partial charge in [0.05, 0.1) is 13.7 Å². The fraction of sp³-hybridized carbons (Fsp3) is 0.286. The molecule has 0 radical (unpaired) electrons. The number of nitrogens with zero attached hydrogens (tertiary/aromatic N) is 4. The molecule has 0 unspecified atom stereocenters. The van der Waals surface area contributed by atoms with Crippen molar-refractivity contribution in [1.82, 2.24) is 25.2 Å². The zero-order valence-corrected chi connectivity index (χ0v) is 16.3. The third-order valence-electron chi connectivity index (χ3n) is 4.22. The molecular formula is C21H26N6O. The van der Waals surface area contributed by atoms with Crippen LogP contribution in [-0.4, -0.2) is 40.7 Å². The molecule has 0 atom stereocenters. The van der Waals surface area contributed by atoms with Crippen molar-refractivity contribution in [1.29, 1.82) is 0 Å². The van der Waals surface area contributed by atoms with E-state index in [9.17, 15) is 0 Å². The first kappa shape index (κ1) is 19.4. The molecule has 0 fully saturated rings. The Morgan fingerprint density at radius 3 is 2.86 bits per heavy atom. The lowest BCUT2D eigenvalue weighted by Gasteiger charge is -2.13. The highest BCUT2D eigenvalue weighted by Gasteiger charge is 2.04. The van der Waals surface area contributed by atoms with Crippen LogP contribution in [0.15, 0.2) is 66.3 Å². The van der Waals surface area contributed by atoms with Crippen molar-refractivity contribution in [3.05, 3.63) is 72.4 Å². The first-order chi connectivity index (χ1) is 13.8. The molecule has 146 valence electrons. The first-order valence-corrected chi connectivity index (χ1v) is 9.37. The van der Waals surface area contributed by atoms with E-state index in [2.05, 4.69) is 33.6 Å². The van der Waals surface area contributed by atoms with Gasteiger partial charge in [0.25, 0.3) is 0 Å². The molecule has 0 saturated carbocycles. The normalized spacial score (nSPS) is 11.3. The Bertz CT molecular complexity index is 891. The largest absolute Gasteiger partial charge is 0.496 e. The highest BCUT2D eigenvalue weighted by molar-refractivity contribution is 5.79. The number of aromatic nitrogens is 3. The van der Waals surface area contributed by atoms with Gasteiger partial charge in [-0.1, -0.05) is 18.2 Å². The number of para-hydroxylation sites is 1. The van der Waals surface area contributed by atoms with Crippen LogP contribution in [0.2, 0.25) is 0 Å². The monoisotopic (exact) mass is 378 g/mol. The van der Waals surface area contributed by atoms with E-state index in [0.717, 1.165) is 42.6 Å². The SMILES string of the molecule is CCNC(=NCc1ccnc(-n2ccnc2)c1)NCCc1ccccc1OC. The van der Waals surface area contributed by atoms with Gasteiger partial charge in [-0.25, -0.2) is 15.0 Å². The summed E-state index contributed by atoms with van der Waals surface area (Å²) in [6, 6.07) is 12.1. The number of pyridine rings is 1. The van der Waals surface area contributed by atoms with Crippen molar-refractivity contribution < 1.29 is 4.74 Å². The maximum atomic E-state index is 5.41. The minimum Gasteiger partial charge on any atom is -0.496 e. The van der Waals surface area contributed by atoms with Crippen LogP contribution in [-0.2, 0) is 13.0 Å². The van der Waals surface area contributed by atoms with E-state index in [-0.39, 0.29) is 0 Å². The van der Waals surface area contributed by atoms with Crippen molar-refractivity contribution in [2.45, 2.75) is 19.9 Å². The molecule has 0 amide bonds. The zero-order chi connectivity index (χ0) is 19.6. The second-order valence-corrected chi connectivity index (χ2v) is 6.18. The molecule has 0 aliphatic rings. The van der Waals surface area contributed by atoms with Gasteiger partial charge in [0.1, 0.15) is 17.9 Å². The first-order valence-electron chi connectivity index (χ1n) is 9.37. The number of methoxy groups -OCH3 is 1. The number of aliphatic imine (C=N–C) groups is 1. The van der Waals surface area contributed by atoms with Gasteiger partial charge >= 0.3 is 0 Å². The molecule has 0 aliphatic heterocycles. The average Bonchev–Trinajstić information content (AvgIpc) is 3.27. The minimum absolute atomic E-state index is 0.564. The molecule has 2 heterocycles. The highest BCUT2D eigenvalue weighted by Crippen LogP contribution is 2.17. The average molecular weight is 378 g/mol. The Labute approximate surface area is 165 Å². The standard InChI is InChI=1S/C21H26N6O/c1-3-23-21(25-11-9-18-6-4-5-7-19(18)28-2)26-15-17-8-10-24-20(14-17)27-13-12-22-16-27/h4-8,10,12-14,16H,3,9,11,15H2,1-2H3,(H2,23,25,26). The predicted molar refractivity (Wildman–Crippen MR) is 111 cm³/mol. The lowest BCUT2D eigenvalue weighted by atomic mass is 10.1. The van der Waals surface area contributed by atoms with Gasteiger partial charge in [-0.3, -0.25) is 4.57 Å². The van der Waals surface area contributed by atoms with Crippen LogP contribution in [0.3, 0.4) is 0 Å². The van der Waals surface area contributed by atoms with Crippen LogP contribution < -0.4 is 15.4 Å². The summed E-state index contributed by atoms with van der Waals surface area (Å²) in [5.41, 5.74) is 2.26. The summed E-state index contributed by atoms with van der Waals surface area (Å²) in [6.45, 7) is 4.19. The topological polar surface area (TPSA) is 76.4 Å². The molecule has 2 aromatic heterocycles. The van der Waals surface area contributed by atoms with E-state index >= 15 is 0 Å². The van der Waals surface area contributed by atoms with Gasteiger partial charge in [0, 0.05) is 31.7 Å². The Hall–Kier alpha value is -3.35. The molecule has 0 saturated heterocycles. The van der Waals surface area contributed by atoms with Gasteiger partial charge in [0.2, 0.25) is 0 Å². The van der Waals surface area contributed by atoms with Crippen molar-refractivity contribution >= 4 is 5.96 Å². The predicted octanol–water partition coefficient (Wildman–Crippen LogP) is 2.57. The Morgan fingerprint density at radius 1 is 1.18 bits per heavy atom. The Balaban J connectivity index is 1.60. The molecule has 2 N–H and O–H groups in total. The van der Waals surface area contributed by atoms with E-state index < -0.39 is 0 Å². The molecule has 7 nitrogen and oxygen atoms in total. The number of imidazole rings is 1. The van der Waals surface area contributed by atoms with Crippen LogP contribution in [0, 0.1) is 0 Å². The summed E-state index contributed by atoms with van der Waals surface area (Å²) >= 11 is 0. The van der Waals surface area contributed by atoms with Gasteiger partial charge < -0.3 is 15.4 Å². The number of benzene rings is 1. The van der Waals surface area contributed by atoms with Crippen LogP contribution in [0.25, 0.3) is 5.82 Å². The fourth-order valence-electron chi connectivity index (χ4n) is 2.83. The summed E-state index contributed by atoms with van der Waals surface area (Å²) in [7, 11) is 1.70. The quantitative estimate of drug-likeness (QED) is 0.465. The third-order valence-corrected chi connectivity index (χ3v) is 4.22. The van der Waals surface area contributed by atoms with E-state index in [4.69, 9.17) is 9.73 Å². The van der Waals surface area contributed by atoms with Crippen molar-refractivity contribution in [3.63, 3.8) is 0 Å². The fourth-order valence-corrected chi connectivity index (χ4v) is 2.83. The van der Waals surface area contributed by atoms with E-state index in [1.54, 1.807) is 25.8 Å². The lowest BCUT2D eigenvalue weighted by molar-refractivity contribution is 0.409. The Morgan fingerprint density at radius 2 is 2.07 bits per heavy atom. The number of rotatable bonds is 8. The number of hydrogen-bond donors (Lipinski definition) is 2. The maximum Gasteiger partial charge on any atom is 0.191 e. The molecule has 0 aliphatic carbocycles. The zero-order valence-electron chi connectivity index (χ0n) is 16.3. The van der Waals surface area contributed by atoms with E-state index in [1.807, 2.05) is 41.1 Å². The second-order valence-electron chi connectivity index (χ2n) is 6.18. The molecule has 3 aromatic rings. The van der Waals surface area contributed by atoms with Gasteiger partial charge in [0.15, 0.2) is 5.96 Å². The summed E-state index contributed by atoms with van der Waals surface area (Å²) in [5.74, 6) is 2.53. The number of nitrogens with one attached hydrogen (secondary N) is 2. The second kappa shape index (κ2) is 10.1. The van der Waals surface area contributed by atoms with Crippen LogP contribution in [0.1, 0.15) is 18.1 Å². The minimum atomic E-state index is 0.564. The van der Waals surface area contributed by atoms with Crippen LogP contribution >= 0.6 is 0 Å². The van der Waals surface area contributed by atoms with Crippen molar-refractivity contribution in [2.24, 2.45) is 4.99 Å². The molecule has 1 aromatic carbocycles. The molecule has 28 heavy (non-hydrogen) atoms. The lowest BCUT2D eigenvalue weighted by Crippen LogP contribution is -2.38. The molecule has 7 heteroatoms. The summed E-state index contributed by atoms with van der Waals surface area (Å²) < 4.78 is 7.29. The molecule has 0 bridgehead atoms. The van der Waals surface area contributed by atoms with E-state index in [1.165, 1.54) is 5.56 Å². The van der Waals surface area contributed by atoms with Crippen molar-refractivity contribution in [2.75, 3.05) is 20.2 Å². The maximum absolute atomic E-state index is 5.41. The third kappa shape index (κ3) is 5.33.